The third-order valence-corrected chi connectivity index (χ3v) is 5.48. The zero-order valence-electron chi connectivity index (χ0n) is 14.7. The average molecular weight is 370 g/mol. The molecule has 6 nitrogen and oxygen atoms in total. The molecular formula is C19H22N4O2S. The minimum Gasteiger partial charge on any atom is -0.497 e. The van der Waals surface area contributed by atoms with Gasteiger partial charge in [-0.25, -0.2) is 4.98 Å². The highest BCUT2D eigenvalue weighted by molar-refractivity contribution is 7.15. The molecule has 1 saturated heterocycles. The number of aromatic nitrogens is 2. The highest BCUT2D eigenvalue weighted by Gasteiger charge is 2.23. The Balaban J connectivity index is 1.37. The number of imidazole rings is 1. The topological polar surface area (TPSA) is 58.9 Å². The second kappa shape index (κ2) is 7.47. The molecule has 1 amide bonds. The minimum atomic E-state index is -0.0888. The van der Waals surface area contributed by atoms with E-state index in [0.717, 1.165) is 43.2 Å². The van der Waals surface area contributed by atoms with Crippen molar-refractivity contribution < 1.29 is 9.53 Å². The Morgan fingerprint density at radius 3 is 3.23 bits per heavy atom. The van der Waals surface area contributed by atoms with Crippen molar-refractivity contribution >= 4 is 22.2 Å². The van der Waals surface area contributed by atoms with Crippen molar-refractivity contribution in [3.8, 4) is 5.75 Å². The predicted octanol–water partition coefficient (Wildman–Crippen LogP) is 2.80. The lowest BCUT2D eigenvalue weighted by molar-refractivity contribution is 0.0896. The number of nitrogens with one attached hydrogen (secondary N) is 1. The van der Waals surface area contributed by atoms with Gasteiger partial charge in [-0.15, -0.1) is 11.3 Å². The summed E-state index contributed by atoms with van der Waals surface area (Å²) in [4.78, 5) is 20.1. The predicted molar refractivity (Wildman–Crippen MR) is 102 cm³/mol. The van der Waals surface area contributed by atoms with Crippen molar-refractivity contribution in [2.24, 2.45) is 0 Å². The summed E-state index contributed by atoms with van der Waals surface area (Å²) >= 11 is 1.53. The van der Waals surface area contributed by atoms with E-state index in [4.69, 9.17) is 4.74 Å². The summed E-state index contributed by atoms with van der Waals surface area (Å²) in [5.74, 6) is 0.790. The highest BCUT2D eigenvalue weighted by Crippen LogP contribution is 2.18. The van der Waals surface area contributed by atoms with Gasteiger partial charge in [0.25, 0.3) is 5.91 Å². The van der Waals surface area contributed by atoms with E-state index in [1.165, 1.54) is 16.9 Å². The summed E-state index contributed by atoms with van der Waals surface area (Å²) in [6.07, 6.45) is 5.79. The number of nitrogens with zero attached hydrogens (tertiary/aromatic N) is 3. The van der Waals surface area contributed by atoms with Gasteiger partial charge < -0.3 is 10.1 Å². The maximum atomic E-state index is 12.5. The number of fused-ring (bicyclic) bond motifs is 1. The van der Waals surface area contributed by atoms with Gasteiger partial charge in [-0.05, 0) is 37.1 Å². The van der Waals surface area contributed by atoms with Gasteiger partial charge in [0.05, 0.1) is 7.11 Å². The number of piperidine rings is 1. The van der Waals surface area contributed by atoms with Gasteiger partial charge in [-0.1, -0.05) is 12.1 Å². The number of amides is 1. The zero-order valence-corrected chi connectivity index (χ0v) is 15.5. The van der Waals surface area contributed by atoms with Crippen LogP contribution in [0.25, 0.3) is 4.96 Å². The molecule has 2 aromatic heterocycles. The number of likely N-dealkylation sites (tertiary alicyclic amines) is 1. The zero-order chi connectivity index (χ0) is 17.9. The Labute approximate surface area is 156 Å². The van der Waals surface area contributed by atoms with Crippen LogP contribution >= 0.6 is 11.3 Å². The molecule has 26 heavy (non-hydrogen) atoms. The van der Waals surface area contributed by atoms with E-state index < -0.39 is 0 Å². The Hall–Kier alpha value is -2.38. The monoisotopic (exact) mass is 370 g/mol. The molecule has 1 atom stereocenters. The normalized spacial score (nSPS) is 18.1. The number of rotatable bonds is 5. The van der Waals surface area contributed by atoms with Gasteiger partial charge in [0, 0.05) is 36.9 Å². The van der Waals surface area contributed by atoms with Crippen LogP contribution in [0.1, 0.15) is 28.9 Å². The van der Waals surface area contributed by atoms with E-state index >= 15 is 0 Å². The van der Waals surface area contributed by atoms with E-state index in [1.54, 1.807) is 13.3 Å². The lowest BCUT2D eigenvalue weighted by atomic mass is 10.0. The number of thiazole rings is 1. The first-order chi connectivity index (χ1) is 12.7. The molecule has 7 heteroatoms. The van der Waals surface area contributed by atoms with E-state index in [2.05, 4.69) is 27.3 Å². The van der Waals surface area contributed by atoms with Gasteiger partial charge in [0.2, 0.25) is 0 Å². The Bertz CT molecular complexity index is 875. The van der Waals surface area contributed by atoms with Crippen molar-refractivity contribution in [3.63, 3.8) is 0 Å². The lowest BCUT2D eigenvalue weighted by Gasteiger charge is -2.33. The number of carbonyl (C=O) groups is 1. The molecule has 0 unspecified atom stereocenters. The van der Waals surface area contributed by atoms with Crippen LogP contribution in [0.15, 0.2) is 42.0 Å². The summed E-state index contributed by atoms with van der Waals surface area (Å²) in [6, 6.07) is 8.31. The SMILES string of the molecule is COc1cccc(CN2CCC[C@H](NC(=O)c3cn4ccsc4n3)C2)c1. The first kappa shape index (κ1) is 17.1. The molecule has 136 valence electrons. The molecule has 0 aliphatic carbocycles. The van der Waals surface area contributed by atoms with Crippen molar-refractivity contribution in [2.45, 2.75) is 25.4 Å². The molecule has 3 aromatic rings. The van der Waals surface area contributed by atoms with Gasteiger partial charge in [-0.3, -0.25) is 14.1 Å². The minimum absolute atomic E-state index is 0.0888. The number of hydrogen-bond donors (Lipinski definition) is 1. The number of methoxy groups -OCH3 is 1. The molecule has 0 radical (unpaired) electrons. The van der Waals surface area contributed by atoms with Crippen LogP contribution in [0.2, 0.25) is 0 Å². The van der Waals surface area contributed by atoms with Crippen molar-refractivity contribution in [1.82, 2.24) is 19.6 Å². The number of carbonyl (C=O) groups excluding carboxylic acids is 1. The molecule has 4 rings (SSSR count). The fraction of sp³-hybridized carbons (Fsp3) is 0.368. The summed E-state index contributed by atoms with van der Waals surface area (Å²) in [7, 11) is 1.69. The van der Waals surface area contributed by atoms with E-state index in [-0.39, 0.29) is 11.9 Å². The van der Waals surface area contributed by atoms with Gasteiger partial charge in [0.1, 0.15) is 11.4 Å². The molecule has 1 aliphatic rings. The lowest BCUT2D eigenvalue weighted by Crippen LogP contribution is -2.47. The van der Waals surface area contributed by atoms with E-state index in [9.17, 15) is 4.79 Å². The summed E-state index contributed by atoms with van der Waals surface area (Å²) in [5, 5.41) is 5.11. The Kier molecular flexibility index (Phi) is 4.90. The second-order valence-electron chi connectivity index (χ2n) is 6.62. The van der Waals surface area contributed by atoms with Crippen LogP contribution in [0.5, 0.6) is 5.75 Å². The quantitative estimate of drug-likeness (QED) is 0.750. The van der Waals surface area contributed by atoms with E-state index in [0.29, 0.717) is 5.69 Å². The average Bonchev–Trinajstić information content (AvgIpc) is 3.24. The Morgan fingerprint density at radius 2 is 2.38 bits per heavy atom. The van der Waals surface area contributed by atoms with Crippen LogP contribution in [0, 0.1) is 0 Å². The van der Waals surface area contributed by atoms with Gasteiger partial charge in [0.15, 0.2) is 4.96 Å². The molecule has 1 N–H and O–H groups in total. The summed E-state index contributed by atoms with van der Waals surface area (Å²) in [5.41, 5.74) is 1.72. The fourth-order valence-corrected chi connectivity index (χ4v) is 4.14. The first-order valence-corrected chi connectivity index (χ1v) is 9.67. The number of ether oxygens (including phenoxy) is 1. The first-order valence-electron chi connectivity index (χ1n) is 8.79. The summed E-state index contributed by atoms with van der Waals surface area (Å²) in [6.45, 7) is 2.76. The van der Waals surface area contributed by atoms with Crippen LogP contribution in [-0.2, 0) is 6.54 Å². The second-order valence-corrected chi connectivity index (χ2v) is 7.49. The largest absolute Gasteiger partial charge is 0.497 e. The number of benzene rings is 1. The molecule has 1 aromatic carbocycles. The van der Waals surface area contributed by atoms with Crippen molar-refractivity contribution in [3.05, 3.63) is 53.3 Å². The molecule has 1 fully saturated rings. The highest BCUT2D eigenvalue weighted by atomic mass is 32.1. The maximum Gasteiger partial charge on any atom is 0.271 e. The third-order valence-electron chi connectivity index (χ3n) is 4.71. The van der Waals surface area contributed by atoms with Gasteiger partial charge in [-0.2, -0.15) is 0 Å². The summed E-state index contributed by atoms with van der Waals surface area (Å²) < 4.78 is 7.19. The molecule has 1 aliphatic heterocycles. The van der Waals surface area contributed by atoms with Crippen LogP contribution < -0.4 is 10.1 Å². The number of hydrogen-bond acceptors (Lipinski definition) is 5. The molecule has 0 spiro atoms. The maximum absolute atomic E-state index is 12.5. The molecular weight excluding hydrogens is 348 g/mol. The van der Waals surface area contributed by atoms with Crippen LogP contribution in [0.3, 0.4) is 0 Å². The molecule has 0 saturated carbocycles. The molecule has 3 heterocycles. The van der Waals surface area contributed by atoms with Gasteiger partial charge >= 0.3 is 0 Å². The van der Waals surface area contributed by atoms with E-state index in [1.807, 2.05) is 28.1 Å². The standard InChI is InChI=1S/C19H22N4O2S/c1-25-16-6-2-4-14(10-16)11-22-7-3-5-15(12-22)20-18(24)17-13-23-8-9-26-19(23)21-17/h2,4,6,8-10,13,15H,3,5,7,11-12H2,1H3,(H,20,24)/t15-/m0/s1. The van der Waals surface area contributed by atoms with Crippen LogP contribution in [-0.4, -0.2) is 46.4 Å². The molecule has 0 bridgehead atoms. The third kappa shape index (κ3) is 3.73. The van der Waals surface area contributed by atoms with Crippen molar-refractivity contribution in [2.75, 3.05) is 20.2 Å². The Morgan fingerprint density at radius 1 is 1.46 bits per heavy atom. The smallest absolute Gasteiger partial charge is 0.271 e. The van der Waals surface area contributed by atoms with Crippen molar-refractivity contribution in [1.29, 1.82) is 0 Å². The van der Waals surface area contributed by atoms with Crippen LogP contribution in [0.4, 0.5) is 0 Å². The fourth-order valence-electron chi connectivity index (χ4n) is 3.44.